The van der Waals surface area contributed by atoms with E-state index in [1.807, 2.05) is 30.3 Å². The third-order valence-corrected chi connectivity index (χ3v) is 7.60. The lowest BCUT2D eigenvalue weighted by Gasteiger charge is -2.24. The average molecular weight is 616 g/mol. The highest BCUT2D eigenvalue weighted by molar-refractivity contribution is 9.10. The first kappa shape index (κ1) is 29.1. The van der Waals surface area contributed by atoms with Gasteiger partial charge >= 0.3 is 0 Å². The zero-order chi connectivity index (χ0) is 27.8. The number of carbonyl (C=O) groups is 1. The normalized spacial score (nSPS) is 14.0. The van der Waals surface area contributed by atoms with Crippen molar-refractivity contribution in [1.82, 2.24) is 9.80 Å². The number of carbonyl (C=O) groups excluding carboxylic acids is 1. The molecule has 2 N–H and O–H groups in total. The van der Waals surface area contributed by atoms with Crippen molar-refractivity contribution in [3.05, 3.63) is 98.2 Å². The van der Waals surface area contributed by atoms with Crippen molar-refractivity contribution >= 4 is 39.4 Å². The maximum absolute atomic E-state index is 15.2. The zero-order valence-electron chi connectivity index (χ0n) is 22.0. The number of aliphatic imine (C=N–C) groups is 1. The van der Waals surface area contributed by atoms with Gasteiger partial charge in [0.25, 0.3) is 5.91 Å². The van der Waals surface area contributed by atoms with Gasteiger partial charge < -0.3 is 15.4 Å². The van der Waals surface area contributed by atoms with E-state index in [-0.39, 0.29) is 18.1 Å². The number of amides is 1. The van der Waals surface area contributed by atoms with E-state index in [2.05, 4.69) is 25.8 Å². The van der Waals surface area contributed by atoms with Gasteiger partial charge in [-0.3, -0.25) is 14.7 Å². The summed E-state index contributed by atoms with van der Waals surface area (Å²) in [5.41, 5.74) is 8.71. The molecule has 0 radical (unpaired) electrons. The van der Waals surface area contributed by atoms with Crippen LogP contribution in [0.15, 0.2) is 70.1 Å². The molecule has 3 aromatic carbocycles. The summed E-state index contributed by atoms with van der Waals surface area (Å²) in [7, 11) is 1.60. The minimum Gasteiger partial charge on any atom is -0.496 e. The Kier molecular flexibility index (Phi) is 10.4. The van der Waals surface area contributed by atoms with Crippen LogP contribution in [0.4, 0.5) is 4.39 Å². The number of likely N-dealkylation sites (tertiary alicyclic amines) is 1. The molecule has 0 spiro atoms. The van der Waals surface area contributed by atoms with Crippen LogP contribution in [0.1, 0.15) is 39.9 Å². The molecular formula is C30H33BrClFN4O2. The molecule has 39 heavy (non-hydrogen) atoms. The Hall–Kier alpha value is -2.94. The largest absolute Gasteiger partial charge is 0.496 e. The van der Waals surface area contributed by atoms with Gasteiger partial charge in [-0.1, -0.05) is 45.7 Å². The van der Waals surface area contributed by atoms with Gasteiger partial charge in [-0.05, 0) is 92.4 Å². The van der Waals surface area contributed by atoms with Gasteiger partial charge in [0.1, 0.15) is 11.6 Å². The quantitative estimate of drug-likeness (QED) is 0.221. The third-order valence-electron chi connectivity index (χ3n) is 6.88. The Morgan fingerprint density at radius 1 is 1.13 bits per heavy atom. The molecule has 0 bridgehead atoms. The van der Waals surface area contributed by atoms with Crippen molar-refractivity contribution in [2.24, 2.45) is 10.7 Å². The molecule has 1 fully saturated rings. The fourth-order valence-corrected chi connectivity index (χ4v) is 5.45. The van der Waals surface area contributed by atoms with Gasteiger partial charge in [-0.25, -0.2) is 4.39 Å². The smallest absolute Gasteiger partial charge is 0.261 e. The van der Waals surface area contributed by atoms with Gasteiger partial charge in [0.2, 0.25) is 0 Å². The number of nitrogens with two attached hydrogens (primary N) is 1. The first-order valence-corrected chi connectivity index (χ1v) is 14.2. The third kappa shape index (κ3) is 7.81. The lowest BCUT2D eigenvalue weighted by molar-refractivity contribution is 0.0836. The molecule has 6 nitrogen and oxygen atoms in total. The number of ether oxygens (including phenoxy) is 1. The SMILES string of the molecule is COc1ccc(Br)cc1CCc1c(F)cccc1C(=O)N(Cc1cccc(Cl)c1)C(N)=NCCN1CCCC1. The molecule has 4 rings (SSSR count). The van der Waals surface area contributed by atoms with Gasteiger partial charge in [0.15, 0.2) is 5.96 Å². The highest BCUT2D eigenvalue weighted by Gasteiger charge is 2.24. The number of hydrogen-bond acceptors (Lipinski definition) is 4. The lowest BCUT2D eigenvalue weighted by atomic mass is 9.97. The van der Waals surface area contributed by atoms with Crippen LogP contribution in [-0.4, -0.2) is 55.0 Å². The molecule has 9 heteroatoms. The summed E-state index contributed by atoms with van der Waals surface area (Å²) in [6, 6.07) is 17.5. The fraction of sp³-hybridized carbons (Fsp3) is 0.333. The summed E-state index contributed by atoms with van der Waals surface area (Å²) in [5, 5.41) is 0.554. The van der Waals surface area contributed by atoms with E-state index < -0.39 is 11.7 Å². The highest BCUT2D eigenvalue weighted by atomic mass is 79.9. The van der Waals surface area contributed by atoms with Gasteiger partial charge in [0.05, 0.1) is 20.2 Å². The van der Waals surface area contributed by atoms with Gasteiger partial charge in [0, 0.05) is 27.2 Å². The van der Waals surface area contributed by atoms with E-state index in [4.69, 9.17) is 22.1 Å². The average Bonchev–Trinajstić information content (AvgIpc) is 3.44. The number of halogens is 3. The highest BCUT2D eigenvalue weighted by Crippen LogP contribution is 2.26. The minimum absolute atomic E-state index is 0.100. The molecule has 0 aromatic heterocycles. The van der Waals surface area contributed by atoms with E-state index in [0.717, 1.165) is 35.2 Å². The van der Waals surface area contributed by atoms with Crippen LogP contribution in [0.5, 0.6) is 5.75 Å². The molecule has 1 aliphatic rings. The van der Waals surface area contributed by atoms with Crippen LogP contribution in [0, 0.1) is 5.82 Å². The first-order chi connectivity index (χ1) is 18.9. The first-order valence-electron chi connectivity index (χ1n) is 13.0. The van der Waals surface area contributed by atoms with Gasteiger partial charge in [-0.2, -0.15) is 0 Å². The summed E-state index contributed by atoms with van der Waals surface area (Å²) >= 11 is 9.70. The molecule has 1 saturated heterocycles. The number of aryl methyl sites for hydroxylation is 1. The molecule has 3 aromatic rings. The van der Waals surface area contributed by atoms with Crippen molar-refractivity contribution in [2.75, 3.05) is 33.3 Å². The number of nitrogens with zero attached hydrogens (tertiary/aromatic N) is 3. The van der Waals surface area contributed by atoms with Crippen LogP contribution in [0.25, 0.3) is 0 Å². The Labute approximate surface area is 242 Å². The molecular weight excluding hydrogens is 583 g/mol. The summed E-state index contributed by atoms with van der Waals surface area (Å²) in [5.74, 6) is -0.0439. The van der Waals surface area contributed by atoms with Crippen LogP contribution < -0.4 is 10.5 Å². The summed E-state index contributed by atoms with van der Waals surface area (Å²) < 4.78 is 21.6. The predicted octanol–water partition coefficient (Wildman–Crippen LogP) is 6.09. The summed E-state index contributed by atoms with van der Waals surface area (Å²) in [6.07, 6.45) is 3.16. The number of hydrogen-bond donors (Lipinski definition) is 1. The monoisotopic (exact) mass is 614 g/mol. The van der Waals surface area contributed by atoms with E-state index in [9.17, 15) is 4.79 Å². The second-order valence-electron chi connectivity index (χ2n) is 9.53. The fourth-order valence-electron chi connectivity index (χ4n) is 4.83. The molecule has 0 atom stereocenters. The Morgan fingerprint density at radius 2 is 1.90 bits per heavy atom. The van der Waals surface area contributed by atoms with Gasteiger partial charge in [-0.15, -0.1) is 0 Å². The number of benzene rings is 3. The van der Waals surface area contributed by atoms with Crippen molar-refractivity contribution in [3.8, 4) is 5.75 Å². The molecule has 0 saturated carbocycles. The Balaban J connectivity index is 1.61. The standard InChI is InChI=1S/C30H33BrClFN4O2/c1-39-28-13-11-23(31)19-22(28)10-12-25-26(8-5-9-27(25)33)29(38)37(20-21-6-4-7-24(32)18-21)30(34)35-14-17-36-15-2-3-16-36/h4-9,11,13,18-19H,2-3,10,12,14-17,20H2,1H3,(H2,34,35). The summed E-state index contributed by atoms with van der Waals surface area (Å²) in [6.45, 7) is 3.52. The summed E-state index contributed by atoms with van der Waals surface area (Å²) in [4.78, 5) is 22.3. The van der Waals surface area contributed by atoms with Crippen molar-refractivity contribution < 1.29 is 13.9 Å². The van der Waals surface area contributed by atoms with E-state index >= 15 is 4.39 Å². The maximum atomic E-state index is 15.2. The minimum atomic E-state index is -0.443. The Morgan fingerprint density at radius 3 is 2.64 bits per heavy atom. The zero-order valence-corrected chi connectivity index (χ0v) is 24.3. The van der Waals surface area contributed by atoms with Crippen LogP contribution in [-0.2, 0) is 19.4 Å². The Bertz CT molecular complexity index is 1330. The van der Waals surface area contributed by atoms with E-state index in [0.29, 0.717) is 35.7 Å². The predicted molar refractivity (Wildman–Crippen MR) is 158 cm³/mol. The van der Waals surface area contributed by atoms with Crippen molar-refractivity contribution in [3.63, 3.8) is 0 Å². The van der Waals surface area contributed by atoms with E-state index in [1.165, 1.54) is 23.8 Å². The van der Waals surface area contributed by atoms with Crippen molar-refractivity contribution in [2.45, 2.75) is 32.2 Å². The molecule has 0 unspecified atom stereocenters. The number of methoxy groups -OCH3 is 1. The van der Waals surface area contributed by atoms with Crippen LogP contribution in [0.2, 0.25) is 5.02 Å². The number of guanidine groups is 1. The number of rotatable bonds is 10. The van der Waals surface area contributed by atoms with Crippen molar-refractivity contribution in [1.29, 1.82) is 0 Å². The molecule has 1 amide bonds. The topological polar surface area (TPSA) is 71.2 Å². The molecule has 0 aliphatic carbocycles. The lowest BCUT2D eigenvalue weighted by Crippen LogP contribution is -2.42. The second kappa shape index (κ2) is 13.9. The second-order valence-corrected chi connectivity index (χ2v) is 10.9. The molecule has 1 heterocycles. The molecule has 1 aliphatic heterocycles. The van der Waals surface area contributed by atoms with Crippen LogP contribution >= 0.6 is 27.5 Å². The maximum Gasteiger partial charge on any atom is 0.261 e. The van der Waals surface area contributed by atoms with Crippen LogP contribution in [0.3, 0.4) is 0 Å². The van der Waals surface area contributed by atoms with E-state index in [1.54, 1.807) is 31.4 Å². The molecule has 206 valence electrons.